The van der Waals surface area contributed by atoms with Crippen LogP contribution in [0.5, 0.6) is 5.75 Å². The summed E-state index contributed by atoms with van der Waals surface area (Å²) in [4.78, 5) is 32.9. The first kappa shape index (κ1) is 17.7. The van der Waals surface area contributed by atoms with Crippen molar-refractivity contribution in [3.05, 3.63) is 45.8 Å². The van der Waals surface area contributed by atoms with Crippen LogP contribution >= 0.6 is 11.3 Å². The fourth-order valence-corrected chi connectivity index (χ4v) is 4.48. The molecule has 140 valence electrons. The van der Waals surface area contributed by atoms with E-state index < -0.39 is 0 Å². The largest absolute Gasteiger partial charge is 0.497 e. The third kappa shape index (κ3) is 3.23. The molecule has 3 heterocycles. The number of ether oxygens (including phenoxy) is 1. The predicted molar refractivity (Wildman–Crippen MR) is 106 cm³/mol. The first-order chi connectivity index (χ1) is 13.1. The lowest BCUT2D eigenvalue weighted by atomic mass is 10.1. The number of hydrogen-bond acceptors (Lipinski definition) is 5. The van der Waals surface area contributed by atoms with Gasteiger partial charge >= 0.3 is 0 Å². The molecular formula is C20H21N3O3S. The summed E-state index contributed by atoms with van der Waals surface area (Å²) in [5, 5.41) is 2.53. The van der Waals surface area contributed by atoms with Gasteiger partial charge in [0.05, 0.1) is 12.5 Å². The molecule has 27 heavy (non-hydrogen) atoms. The summed E-state index contributed by atoms with van der Waals surface area (Å²) in [6, 6.07) is 7.60. The van der Waals surface area contributed by atoms with Crippen LogP contribution in [0, 0.1) is 6.92 Å². The van der Waals surface area contributed by atoms with Gasteiger partial charge in [0.15, 0.2) is 0 Å². The van der Waals surface area contributed by atoms with Crippen molar-refractivity contribution in [3.63, 3.8) is 0 Å². The topological polar surface area (TPSA) is 64.4 Å². The molecule has 0 unspecified atom stereocenters. The maximum Gasteiger partial charge on any atom is 0.263 e. The average molecular weight is 383 g/mol. The number of likely N-dealkylation sites (tertiary alicyclic amines) is 1. The number of hydrogen-bond donors (Lipinski definition) is 0. The lowest BCUT2D eigenvalue weighted by Crippen LogP contribution is -2.35. The number of aryl methyl sites for hydroxylation is 1. The normalized spacial score (nSPS) is 14.1. The molecule has 6 nitrogen and oxygen atoms in total. The van der Waals surface area contributed by atoms with Crippen LogP contribution in [0.2, 0.25) is 0 Å². The van der Waals surface area contributed by atoms with Crippen LogP contribution < -0.4 is 10.3 Å². The van der Waals surface area contributed by atoms with Gasteiger partial charge in [0.25, 0.3) is 5.56 Å². The molecule has 1 aromatic carbocycles. The van der Waals surface area contributed by atoms with Crippen molar-refractivity contribution < 1.29 is 9.53 Å². The summed E-state index contributed by atoms with van der Waals surface area (Å²) in [5.41, 5.74) is 1.62. The zero-order chi connectivity index (χ0) is 19.0. The zero-order valence-electron chi connectivity index (χ0n) is 15.4. The van der Waals surface area contributed by atoms with E-state index in [4.69, 9.17) is 4.74 Å². The second-order valence-electron chi connectivity index (χ2n) is 6.70. The second kappa shape index (κ2) is 7.15. The van der Waals surface area contributed by atoms with Gasteiger partial charge < -0.3 is 9.64 Å². The first-order valence-electron chi connectivity index (χ1n) is 8.99. The van der Waals surface area contributed by atoms with Crippen LogP contribution in [0.1, 0.15) is 18.7 Å². The highest BCUT2D eigenvalue weighted by molar-refractivity contribution is 7.17. The quantitative estimate of drug-likeness (QED) is 0.695. The molecule has 4 rings (SSSR count). The van der Waals surface area contributed by atoms with Crippen molar-refractivity contribution in [2.24, 2.45) is 0 Å². The number of amides is 1. The van der Waals surface area contributed by atoms with Gasteiger partial charge in [-0.3, -0.25) is 14.2 Å². The Balaban J connectivity index is 1.77. The molecule has 1 amide bonds. The van der Waals surface area contributed by atoms with Crippen molar-refractivity contribution in [1.82, 2.24) is 14.5 Å². The summed E-state index contributed by atoms with van der Waals surface area (Å²) in [6.07, 6.45) is 2.06. The fraction of sp³-hybridized carbons (Fsp3) is 0.350. The highest BCUT2D eigenvalue weighted by Crippen LogP contribution is 2.32. The molecule has 0 spiro atoms. The number of fused-ring (bicyclic) bond motifs is 1. The van der Waals surface area contributed by atoms with Gasteiger partial charge in [-0.2, -0.15) is 0 Å². The number of aromatic nitrogens is 2. The van der Waals surface area contributed by atoms with E-state index in [9.17, 15) is 9.59 Å². The zero-order valence-corrected chi connectivity index (χ0v) is 16.2. The summed E-state index contributed by atoms with van der Waals surface area (Å²) < 4.78 is 6.71. The van der Waals surface area contributed by atoms with Gasteiger partial charge in [0, 0.05) is 24.0 Å². The molecule has 1 saturated heterocycles. The van der Waals surface area contributed by atoms with Crippen LogP contribution in [-0.4, -0.2) is 40.6 Å². The lowest BCUT2D eigenvalue weighted by molar-refractivity contribution is -0.130. The Kier molecular flexibility index (Phi) is 4.70. The Morgan fingerprint density at radius 3 is 2.59 bits per heavy atom. The third-order valence-electron chi connectivity index (χ3n) is 5.04. The number of thiophene rings is 1. The minimum absolute atomic E-state index is 0.0138. The third-order valence-corrected chi connectivity index (χ3v) is 5.91. The number of benzene rings is 1. The molecule has 1 fully saturated rings. The Bertz CT molecular complexity index is 1050. The molecule has 3 aromatic rings. The molecule has 0 N–H and O–H groups in total. The van der Waals surface area contributed by atoms with E-state index in [0.717, 1.165) is 42.8 Å². The van der Waals surface area contributed by atoms with Crippen molar-refractivity contribution in [2.45, 2.75) is 26.3 Å². The van der Waals surface area contributed by atoms with E-state index in [1.54, 1.807) is 14.0 Å². The molecule has 0 radical (unpaired) electrons. The second-order valence-corrected chi connectivity index (χ2v) is 7.55. The van der Waals surface area contributed by atoms with Crippen LogP contribution in [0.15, 0.2) is 34.4 Å². The summed E-state index contributed by atoms with van der Waals surface area (Å²) in [7, 11) is 1.62. The highest BCUT2D eigenvalue weighted by atomic mass is 32.1. The molecule has 7 heteroatoms. The van der Waals surface area contributed by atoms with Gasteiger partial charge in [0.2, 0.25) is 5.91 Å². The number of carbonyl (C=O) groups excluding carboxylic acids is 1. The van der Waals surface area contributed by atoms with Gasteiger partial charge in [-0.05, 0) is 37.5 Å². The fourth-order valence-electron chi connectivity index (χ4n) is 3.50. The Labute approximate surface area is 161 Å². The molecule has 1 aliphatic rings. The van der Waals surface area contributed by atoms with Crippen LogP contribution in [0.25, 0.3) is 21.3 Å². The molecule has 1 aliphatic heterocycles. The van der Waals surface area contributed by atoms with E-state index >= 15 is 0 Å². The smallest absolute Gasteiger partial charge is 0.263 e. The Morgan fingerprint density at radius 1 is 1.22 bits per heavy atom. The maximum absolute atomic E-state index is 13.2. The summed E-state index contributed by atoms with van der Waals surface area (Å²) in [5.74, 6) is 1.32. The van der Waals surface area contributed by atoms with Crippen molar-refractivity contribution in [1.29, 1.82) is 0 Å². The molecular weight excluding hydrogens is 362 g/mol. The van der Waals surface area contributed by atoms with Gasteiger partial charge in [-0.1, -0.05) is 12.1 Å². The summed E-state index contributed by atoms with van der Waals surface area (Å²) in [6.45, 7) is 3.38. The minimum Gasteiger partial charge on any atom is -0.497 e. The van der Waals surface area contributed by atoms with E-state index in [-0.39, 0.29) is 18.0 Å². The van der Waals surface area contributed by atoms with Gasteiger partial charge in [-0.25, -0.2) is 4.98 Å². The Morgan fingerprint density at radius 2 is 1.93 bits per heavy atom. The van der Waals surface area contributed by atoms with E-state index in [0.29, 0.717) is 16.0 Å². The number of carbonyl (C=O) groups is 1. The lowest BCUT2D eigenvalue weighted by Gasteiger charge is -2.17. The van der Waals surface area contributed by atoms with Crippen molar-refractivity contribution >= 4 is 27.5 Å². The Hall–Kier alpha value is -2.67. The van der Waals surface area contributed by atoms with Crippen LogP contribution in [-0.2, 0) is 11.3 Å². The SMILES string of the molecule is COc1ccc(-c2csc3nc(C)n(CC(=O)N4CCCC4)c(=O)c23)cc1. The molecule has 0 atom stereocenters. The van der Waals surface area contributed by atoms with E-state index in [1.807, 2.05) is 34.5 Å². The standard InChI is InChI=1S/C20H21N3O3S/c1-13-21-19-18(16(12-27-19)14-5-7-15(26-2)8-6-14)20(25)23(13)11-17(24)22-9-3-4-10-22/h5-8,12H,3-4,9-11H2,1-2H3. The van der Waals surface area contributed by atoms with Gasteiger partial charge in [0.1, 0.15) is 22.9 Å². The van der Waals surface area contributed by atoms with E-state index in [1.165, 1.54) is 15.9 Å². The minimum atomic E-state index is -0.155. The van der Waals surface area contributed by atoms with Gasteiger partial charge in [-0.15, -0.1) is 11.3 Å². The van der Waals surface area contributed by atoms with Crippen molar-refractivity contribution in [3.8, 4) is 16.9 Å². The average Bonchev–Trinajstić information content (AvgIpc) is 3.35. The highest BCUT2D eigenvalue weighted by Gasteiger charge is 2.21. The number of nitrogens with zero attached hydrogens (tertiary/aromatic N) is 3. The molecule has 0 bridgehead atoms. The maximum atomic E-state index is 13.2. The van der Waals surface area contributed by atoms with Crippen LogP contribution in [0.3, 0.4) is 0 Å². The monoisotopic (exact) mass is 383 g/mol. The predicted octanol–water partition coefficient (Wildman–Crippen LogP) is 3.06. The molecule has 0 saturated carbocycles. The number of methoxy groups -OCH3 is 1. The number of rotatable bonds is 4. The molecule has 0 aliphatic carbocycles. The van der Waals surface area contributed by atoms with Crippen molar-refractivity contribution in [2.75, 3.05) is 20.2 Å². The first-order valence-corrected chi connectivity index (χ1v) is 9.87. The van der Waals surface area contributed by atoms with Crippen LogP contribution in [0.4, 0.5) is 0 Å². The van der Waals surface area contributed by atoms with E-state index in [2.05, 4.69) is 4.98 Å². The molecule has 2 aromatic heterocycles. The summed E-state index contributed by atoms with van der Waals surface area (Å²) >= 11 is 1.45.